The molecule has 1 aromatic carbocycles. The molecule has 2 heterocycles. The molecule has 22 heavy (non-hydrogen) atoms. The normalized spacial score (nSPS) is 10.7. The summed E-state index contributed by atoms with van der Waals surface area (Å²) in [4.78, 5) is 19.0. The number of imidazole rings is 1. The monoisotopic (exact) mass is 301 g/mol. The van der Waals surface area contributed by atoms with Gasteiger partial charge >= 0.3 is 5.69 Å². The third kappa shape index (κ3) is 2.07. The zero-order valence-corrected chi connectivity index (χ0v) is 12.4. The van der Waals surface area contributed by atoms with Crippen molar-refractivity contribution < 1.29 is 14.2 Å². The number of aromatic amines is 1. The number of ether oxygens (including phenoxy) is 3. The SMILES string of the molecule is COc1cc(-n2c(=O)[nH]c3cnccc32)cc(OC)c1OC. The fourth-order valence-electron chi connectivity index (χ4n) is 2.41. The minimum atomic E-state index is -0.266. The molecular weight excluding hydrogens is 286 g/mol. The van der Waals surface area contributed by atoms with Gasteiger partial charge in [-0.3, -0.25) is 9.55 Å². The standard InChI is InChI=1S/C15H15N3O4/c1-20-12-6-9(7-13(21-2)14(12)22-3)18-11-4-5-16-8-10(11)17-15(18)19/h4-8H,1-3H3,(H,17,19). The van der Waals surface area contributed by atoms with Gasteiger partial charge in [-0.1, -0.05) is 0 Å². The minimum absolute atomic E-state index is 0.266. The first-order valence-electron chi connectivity index (χ1n) is 6.54. The van der Waals surface area contributed by atoms with Gasteiger partial charge in [0.05, 0.1) is 44.2 Å². The molecule has 7 heteroatoms. The highest BCUT2D eigenvalue weighted by atomic mass is 16.5. The van der Waals surface area contributed by atoms with Gasteiger partial charge in [-0.2, -0.15) is 0 Å². The van der Waals surface area contributed by atoms with E-state index in [9.17, 15) is 4.79 Å². The maximum Gasteiger partial charge on any atom is 0.331 e. The van der Waals surface area contributed by atoms with E-state index in [0.29, 0.717) is 34.0 Å². The lowest BCUT2D eigenvalue weighted by molar-refractivity contribution is 0.324. The molecule has 0 spiro atoms. The fraction of sp³-hybridized carbons (Fsp3) is 0.200. The Kier molecular flexibility index (Phi) is 3.46. The van der Waals surface area contributed by atoms with E-state index in [0.717, 1.165) is 0 Å². The van der Waals surface area contributed by atoms with Crippen LogP contribution in [-0.2, 0) is 0 Å². The molecule has 0 aliphatic heterocycles. The highest BCUT2D eigenvalue weighted by molar-refractivity contribution is 5.76. The summed E-state index contributed by atoms with van der Waals surface area (Å²) in [5.74, 6) is 1.43. The fourth-order valence-corrected chi connectivity index (χ4v) is 2.41. The second-order valence-corrected chi connectivity index (χ2v) is 4.54. The van der Waals surface area contributed by atoms with Crippen LogP contribution >= 0.6 is 0 Å². The van der Waals surface area contributed by atoms with Crippen LogP contribution in [0.5, 0.6) is 17.2 Å². The molecule has 0 atom stereocenters. The van der Waals surface area contributed by atoms with Crippen molar-refractivity contribution in [2.24, 2.45) is 0 Å². The molecule has 114 valence electrons. The third-order valence-electron chi connectivity index (χ3n) is 3.39. The zero-order valence-electron chi connectivity index (χ0n) is 12.4. The molecule has 3 rings (SSSR count). The molecule has 0 aliphatic rings. The molecule has 3 aromatic rings. The van der Waals surface area contributed by atoms with Crippen molar-refractivity contribution in [2.45, 2.75) is 0 Å². The van der Waals surface area contributed by atoms with E-state index in [4.69, 9.17) is 14.2 Å². The van der Waals surface area contributed by atoms with E-state index >= 15 is 0 Å². The highest BCUT2D eigenvalue weighted by Crippen LogP contribution is 2.39. The number of hydrogen-bond donors (Lipinski definition) is 1. The van der Waals surface area contributed by atoms with Gasteiger partial charge in [0.2, 0.25) is 5.75 Å². The molecule has 0 radical (unpaired) electrons. The predicted octanol–water partition coefficient (Wildman–Crippen LogP) is 1.74. The first kappa shape index (κ1) is 14.0. The van der Waals surface area contributed by atoms with Gasteiger partial charge < -0.3 is 19.2 Å². The van der Waals surface area contributed by atoms with Crippen LogP contribution in [0.4, 0.5) is 0 Å². The maximum absolute atomic E-state index is 12.3. The molecule has 7 nitrogen and oxygen atoms in total. The van der Waals surface area contributed by atoms with E-state index in [1.807, 2.05) is 0 Å². The molecule has 0 fully saturated rings. The summed E-state index contributed by atoms with van der Waals surface area (Å²) in [7, 11) is 4.59. The summed E-state index contributed by atoms with van der Waals surface area (Å²) in [5.41, 5.74) is 1.71. The minimum Gasteiger partial charge on any atom is -0.493 e. The number of H-pyrrole nitrogens is 1. The molecule has 0 amide bonds. The van der Waals surface area contributed by atoms with Crippen molar-refractivity contribution in [3.63, 3.8) is 0 Å². The molecule has 0 unspecified atom stereocenters. The first-order chi connectivity index (χ1) is 10.7. The Morgan fingerprint density at radius 1 is 1.09 bits per heavy atom. The number of pyridine rings is 1. The van der Waals surface area contributed by atoms with Crippen LogP contribution in [0, 0.1) is 0 Å². The van der Waals surface area contributed by atoms with Crippen molar-refractivity contribution in [1.29, 1.82) is 0 Å². The van der Waals surface area contributed by atoms with Crippen LogP contribution in [-0.4, -0.2) is 35.9 Å². The Morgan fingerprint density at radius 3 is 2.36 bits per heavy atom. The lowest BCUT2D eigenvalue weighted by Crippen LogP contribution is -2.15. The second kappa shape index (κ2) is 5.44. The lowest BCUT2D eigenvalue weighted by atomic mass is 10.2. The molecule has 0 aliphatic carbocycles. The molecular formula is C15H15N3O4. The predicted molar refractivity (Wildman–Crippen MR) is 81.3 cm³/mol. The van der Waals surface area contributed by atoms with Crippen LogP contribution in [0.3, 0.4) is 0 Å². The Balaban J connectivity index is 2.31. The topological polar surface area (TPSA) is 78.4 Å². The summed E-state index contributed by atoms with van der Waals surface area (Å²) in [6.07, 6.45) is 3.23. The Bertz CT molecular complexity index is 857. The van der Waals surface area contributed by atoms with Crippen molar-refractivity contribution in [3.05, 3.63) is 41.1 Å². The Labute approximate surface area is 126 Å². The first-order valence-corrected chi connectivity index (χ1v) is 6.54. The van der Waals surface area contributed by atoms with Crippen LogP contribution < -0.4 is 19.9 Å². The van der Waals surface area contributed by atoms with E-state index in [1.165, 1.54) is 25.9 Å². The zero-order chi connectivity index (χ0) is 15.7. The average molecular weight is 301 g/mol. The van der Waals surface area contributed by atoms with Crippen LogP contribution in [0.2, 0.25) is 0 Å². The molecule has 0 bridgehead atoms. The largest absolute Gasteiger partial charge is 0.493 e. The summed E-state index contributed by atoms with van der Waals surface area (Å²) in [5, 5.41) is 0. The second-order valence-electron chi connectivity index (χ2n) is 4.54. The van der Waals surface area contributed by atoms with Crippen molar-refractivity contribution in [2.75, 3.05) is 21.3 Å². The molecule has 1 N–H and O–H groups in total. The quantitative estimate of drug-likeness (QED) is 0.794. The van der Waals surface area contributed by atoms with E-state index in [-0.39, 0.29) is 5.69 Å². The smallest absolute Gasteiger partial charge is 0.331 e. The number of nitrogens with zero attached hydrogens (tertiary/aromatic N) is 2. The summed E-state index contributed by atoms with van der Waals surface area (Å²) < 4.78 is 17.5. The maximum atomic E-state index is 12.3. The van der Waals surface area contributed by atoms with Gasteiger partial charge in [0.25, 0.3) is 0 Å². The number of fused-ring (bicyclic) bond motifs is 1. The Morgan fingerprint density at radius 2 is 1.77 bits per heavy atom. The molecule has 0 saturated carbocycles. The van der Waals surface area contributed by atoms with Crippen molar-refractivity contribution in [1.82, 2.24) is 14.5 Å². The van der Waals surface area contributed by atoms with Crippen LogP contribution in [0.1, 0.15) is 0 Å². The number of aromatic nitrogens is 3. The number of methoxy groups -OCH3 is 3. The average Bonchev–Trinajstić information content (AvgIpc) is 2.89. The van der Waals surface area contributed by atoms with Crippen molar-refractivity contribution in [3.8, 4) is 22.9 Å². The molecule has 2 aromatic heterocycles. The van der Waals surface area contributed by atoms with Gasteiger partial charge in [0, 0.05) is 18.3 Å². The van der Waals surface area contributed by atoms with Gasteiger partial charge in [-0.25, -0.2) is 4.79 Å². The Hall–Kier alpha value is -2.96. The van der Waals surface area contributed by atoms with Crippen LogP contribution in [0.15, 0.2) is 35.4 Å². The number of rotatable bonds is 4. The third-order valence-corrected chi connectivity index (χ3v) is 3.39. The van der Waals surface area contributed by atoms with Gasteiger partial charge in [-0.15, -0.1) is 0 Å². The van der Waals surface area contributed by atoms with Gasteiger partial charge in [-0.05, 0) is 6.07 Å². The number of hydrogen-bond acceptors (Lipinski definition) is 5. The van der Waals surface area contributed by atoms with Crippen LogP contribution in [0.25, 0.3) is 16.7 Å². The lowest BCUT2D eigenvalue weighted by Gasteiger charge is -2.14. The van der Waals surface area contributed by atoms with Crippen molar-refractivity contribution >= 4 is 11.0 Å². The number of benzene rings is 1. The molecule has 0 saturated heterocycles. The highest BCUT2D eigenvalue weighted by Gasteiger charge is 2.16. The van der Waals surface area contributed by atoms with E-state index in [2.05, 4.69) is 9.97 Å². The van der Waals surface area contributed by atoms with Gasteiger partial charge in [0.15, 0.2) is 11.5 Å². The number of nitrogens with one attached hydrogen (secondary N) is 1. The van der Waals surface area contributed by atoms with E-state index < -0.39 is 0 Å². The summed E-state index contributed by atoms with van der Waals surface area (Å²) in [6.45, 7) is 0. The van der Waals surface area contributed by atoms with Gasteiger partial charge in [0.1, 0.15) is 0 Å². The summed E-state index contributed by atoms with van der Waals surface area (Å²) in [6, 6.07) is 5.20. The van der Waals surface area contributed by atoms with E-state index in [1.54, 1.807) is 30.6 Å². The summed E-state index contributed by atoms with van der Waals surface area (Å²) >= 11 is 0.